The van der Waals surface area contributed by atoms with Crippen molar-refractivity contribution in [2.75, 3.05) is 11.6 Å². The molecule has 0 spiro atoms. The van der Waals surface area contributed by atoms with Gasteiger partial charge in [0.25, 0.3) is 10.0 Å². The smallest absolute Gasteiger partial charge is 0.262 e. The van der Waals surface area contributed by atoms with Crippen LogP contribution < -0.4 is 4.47 Å². The van der Waals surface area contributed by atoms with Gasteiger partial charge in [-0.1, -0.05) is 41.9 Å². The zero-order chi connectivity index (χ0) is 15.3. The highest BCUT2D eigenvalue weighted by Gasteiger charge is 2.19. The zero-order valence-electron chi connectivity index (χ0n) is 11.3. The molecular weight excluding hydrogens is 310 g/mol. The normalized spacial score (nSPS) is 11.7. The van der Waals surface area contributed by atoms with E-state index in [4.69, 9.17) is 16.4 Å². The lowest BCUT2D eigenvalue weighted by Gasteiger charge is -2.19. The first-order valence-electron chi connectivity index (χ1n) is 6.11. The summed E-state index contributed by atoms with van der Waals surface area (Å²) in [5.74, 6) is 0. The molecule has 0 bridgehead atoms. The van der Waals surface area contributed by atoms with Crippen LogP contribution in [0.3, 0.4) is 0 Å². The van der Waals surface area contributed by atoms with Crippen LogP contribution in [0.25, 0.3) is 6.08 Å². The Balaban J connectivity index is 2.26. The van der Waals surface area contributed by atoms with Crippen molar-refractivity contribution in [3.8, 4) is 0 Å². The van der Waals surface area contributed by atoms with Crippen LogP contribution in [0.15, 0.2) is 60.0 Å². The summed E-state index contributed by atoms with van der Waals surface area (Å²) in [6.45, 7) is 0. The van der Waals surface area contributed by atoms with Crippen molar-refractivity contribution < 1.29 is 13.3 Å². The minimum atomic E-state index is -3.74. The summed E-state index contributed by atoms with van der Waals surface area (Å²) in [7, 11) is -2.43. The molecule has 6 heteroatoms. The highest BCUT2D eigenvalue weighted by molar-refractivity contribution is 7.95. The Kier molecular flexibility index (Phi) is 5.01. The number of nitrogens with zero attached hydrogens (tertiary/aromatic N) is 1. The van der Waals surface area contributed by atoms with Crippen molar-refractivity contribution in [2.24, 2.45) is 0 Å². The third kappa shape index (κ3) is 4.07. The largest absolute Gasteiger partial charge is 0.279 e. The minimum Gasteiger partial charge on any atom is -0.262 e. The number of anilines is 1. The molecule has 0 saturated carbocycles. The Hall–Kier alpha value is -1.82. The van der Waals surface area contributed by atoms with Crippen LogP contribution in [0.4, 0.5) is 5.69 Å². The fourth-order valence-electron chi connectivity index (χ4n) is 1.70. The van der Waals surface area contributed by atoms with E-state index in [1.54, 1.807) is 54.6 Å². The molecule has 21 heavy (non-hydrogen) atoms. The summed E-state index contributed by atoms with van der Waals surface area (Å²) in [6, 6.07) is 15.4. The Morgan fingerprint density at radius 1 is 1.05 bits per heavy atom. The molecule has 0 radical (unpaired) electrons. The van der Waals surface area contributed by atoms with Gasteiger partial charge in [-0.05, 0) is 35.9 Å². The Bertz CT molecular complexity index is 712. The van der Waals surface area contributed by atoms with Crippen LogP contribution in [0.5, 0.6) is 0 Å². The Morgan fingerprint density at radius 3 is 2.24 bits per heavy atom. The number of para-hydroxylation sites is 1. The number of benzene rings is 2. The van der Waals surface area contributed by atoms with E-state index in [0.717, 1.165) is 15.4 Å². The highest BCUT2D eigenvalue weighted by atomic mass is 35.5. The van der Waals surface area contributed by atoms with E-state index >= 15 is 0 Å². The van der Waals surface area contributed by atoms with Gasteiger partial charge in [-0.2, -0.15) is 8.42 Å². The quantitative estimate of drug-likeness (QED) is 0.788. The molecule has 4 nitrogen and oxygen atoms in total. The number of hydrogen-bond acceptors (Lipinski definition) is 3. The molecule has 0 atom stereocenters. The SMILES string of the molecule is CON(c1ccccc1)S(=O)(=O)C=Cc1ccc(Cl)cc1. The molecule has 2 aromatic carbocycles. The Morgan fingerprint density at radius 2 is 1.67 bits per heavy atom. The maximum atomic E-state index is 12.3. The average molecular weight is 324 g/mol. The van der Waals surface area contributed by atoms with Crippen molar-refractivity contribution in [1.82, 2.24) is 0 Å². The second-order valence-corrected chi connectivity index (χ2v) is 6.21. The summed E-state index contributed by atoms with van der Waals surface area (Å²) < 4.78 is 25.4. The number of rotatable bonds is 5. The molecule has 0 aliphatic carbocycles. The number of halogens is 1. The zero-order valence-corrected chi connectivity index (χ0v) is 12.9. The number of sulfonamides is 1. The molecule has 0 aliphatic heterocycles. The summed E-state index contributed by atoms with van der Waals surface area (Å²) in [5, 5.41) is 1.69. The topological polar surface area (TPSA) is 46.6 Å². The fourth-order valence-corrected chi connectivity index (χ4v) is 2.89. The highest BCUT2D eigenvalue weighted by Crippen LogP contribution is 2.19. The minimum absolute atomic E-state index is 0.431. The van der Waals surface area contributed by atoms with Crippen LogP contribution >= 0.6 is 11.6 Å². The van der Waals surface area contributed by atoms with Gasteiger partial charge >= 0.3 is 0 Å². The van der Waals surface area contributed by atoms with Crippen LogP contribution in [0.1, 0.15) is 5.56 Å². The van der Waals surface area contributed by atoms with Gasteiger partial charge in [-0.15, -0.1) is 4.47 Å². The van der Waals surface area contributed by atoms with Gasteiger partial charge < -0.3 is 0 Å². The monoisotopic (exact) mass is 323 g/mol. The summed E-state index contributed by atoms with van der Waals surface area (Å²) in [5.41, 5.74) is 1.16. The lowest BCUT2D eigenvalue weighted by Crippen LogP contribution is -2.27. The van der Waals surface area contributed by atoms with E-state index in [2.05, 4.69) is 0 Å². The molecule has 0 heterocycles. The predicted octanol–water partition coefficient (Wildman–Crippen LogP) is 3.71. The van der Waals surface area contributed by atoms with Gasteiger partial charge in [-0.25, -0.2) is 0 Å². The molecule has 0 saturated heterocycles. The number of hydrogen-bond donors (Lipinski definition) is 0. The first-order valence-corrected chi connectivity index (χ1v) is 7.99. The lowest BCUT2D eigenvalue weighted by molar-refractivity contribution is 0.217. The van der Waals surface area contributed by atoms with Gasteiger partial charge in [-0.3, -0.25) is 4.84 Å². The average Bonchev–Trinajstić information content (AvgIpc) is 2.48. The van der Waals surface area contributed by atoms with Crippen LogP contribution in [-0.2, 0) is 14.9 Å². The third-order valence-electron chi connectivity index (χ3n) is 2.67. The standard InChI is InChI=1S/C15H14ClNO3S/c1-20-17(15-5-3-2-4-6-15)21(18,19)12-11-13-7-9-14(16)10-8-13/h2-12H,1H3. The van der Waals surface area contributed by atoms with E-state index in [-0.39, 0.29) is 0 Å². The van der Waals surface area contributed by atoms with E-state index < -0.39 is 10.0 Å². The molecule has 110 valence electrons. The van der Waals surface area contributed by atoms with Gasteiger partial charge in [0.15, 0.2) is 0 Å². The molecule has 0 aliphatic rings. The maximum absolute atomic E-state index is 12.3. The third-order valence-corrected chi connectivity index (χ3v) is 4.22. The van der Waals surface area contributed by atoms with Crippen molar-refractivity contribution >= 4 is 33.4 Å². The van der Waals surface area contributed by atoms with Gasteiger partial charge in [0, 0.05) is 5.02 Å². The van der Waals surface area contributed by atoms with E-state index in [9.17, 15) is 8.42 Å². The summed E-state index contributed by atoms with van der Waals surface area (Å²) >= 11 is 5.78. The van der Waals surface area contributed by atoms with E-state index in [1.807, 2.05) is 0 Å². The first kappa shape index (κ1) is 15.6. The van der Waals surface area contributed by atoms with Crippen LogP contribution in [0.2, 0.25) is 5.02 Å². The van der Waals surface area contributed by atoms with Crippen molar-refractivity contribution in [1.29, 1.82) is 0 Å². The summed E-state index contributed by atoms with van der Waals surface area (Å²) in [6.07, 6.45) is 1.49. The molecule has 2 aromatic rings. The van der Waals surface area contributed by atoms with Crippen molar-refractivity contribution in [2.45, 2.75) is 0 Å². The van der Waals surface area contributed by atoms with Gasteiger partial charge in [0.2, 0.25) is 0 Å². The predicted molar refractivity (Wildman–Crippen MR) is 85.3 cm³/mol. The molecule has 0 amide bonds. The summed E-state index contributed by atoms with van der Waals surface area (Å²) in [4.78, 5) is 4.98. The second kappa shape index (κ2) is 6.76. The second-order valence-electron chi connectivity index (χ2n) is 4.14. The fraction of sp³-hybridized carbons (Fsp3) is 0.0667. The van der Waals surface area contributed by atoms with Crippen molar-refractivity contribution in [3.63, 3.8) is 0 Å². The Labute approximate surface area is 129 Å². The maximum Gasteiger partial charge on any atom is 0.279 e. The van der Waals surface area contributed by atoms with Crippen molar-refractivity contribution in [3.05, 3.63) is 70.6 Å². The van der Waals surface area contributed by atoms with E-state index in [0.29, 0.717) is 10.7 Å². The first-order chi connectivity index (χ1) is 10.0. The van der Waals surface area contributed by atoms with Crippen LogP contribution in [0, 0.1) is 0 Å². The van der Waals surface area contributed by atoms with E-state index in [1.165, 1.54) is 13.2 Å². The van der Waals surface area contributed by atoms with Gasteiger partial charge in [0.1, 0.15) is 0 Å². The molecule has 0 fully saturated rings. The van der Waals surface area contributed by atoms with Crippen LogP contribution in [-0.4, -0.2) is 15.5 Å². The molecule has 0 N–H and O–H groups in total. The molecular formula is C15H14ClNO3S. The molecule has 0 aromatic heterocycles. The molecule has 0 unspecified atom stereocenters. The van der Waals surface area contributed by atoms with Gasteiger partial charge in [0.05, 0.1) is 18.2 Å². The lowest BCUT2D eigenvalue weighted by atomic mass is 10.2. The molecule has 2 rings (SSSR count).